The Kier molecular flexibility index (Phi) is 8.44. The van der Waals surface area contributed by atoms with E-state index < -0.39 is 0 Å². The fourth-order valence-electron chi connectivity index (χ4n) is 3.25. The van der Waals surface area contributed by atoms with Crippen molar-refractivity contribution in [2.45, 2.75) is 33.7 Å². The average molecular weight is 457 g/mol. The maximum atomic E-state index is 13.9. The molecule has 0 aliphatic heterocycles. The summed E-state index contributed by atoms with van der Waals surface area (Å²) in [6.45, 7) is 8.02. The van der Waals surface area contributed by atoms with Crippen LogP contribution < -0.4 is 20.1 Å². The Morgan fingerprint density at radius 1 is 1.06 bits per heavy atom. The standard InChI is InChI=1S/C24H29FN4O2S/c1-4-30-21-11-10-18(15-22(21)31-5-2)12-13-26-24(32)27-23-14-17(3)29(28-23)16-19-8-6-7-9-20(19)25/h6-11,14-15H,4-5,12-13,16H2,1-3H3,(H2,26,27,28,32). The number of aromatic nitrogens is 2. The van der Waals surface area contributed by atoms with Gasteiger partial charge in [-0.15, -0.1) is 0 Å². The molecule has 0 aliphatic rings. The summed E-state index contributed by atoms with van der Waals surface area (Å²) in [6, 6.07) is 14.6. The Morgan fingerprint density at radius 3 is 2.56 bits per heavy atom. The predicted octanol–water partition coefficient (Wildman–Crippen LogP) is 4.71. The Morgan fingerprint density at radius 2 is 1.81 bits per heavy atom. The third kappa shape index (κ3) is 6.43. The molecule has 0 atom stereocenters. The van der Waals surface area contributed by atoms with Gasteiger partial charge in [0.05, 0.1) is 19.8 Å². The first-order valence-corrected chi connectivity index (χ1v) is 11.1. The fourth-order valence-corrected chi connectivity index (χ4v) is 3.46. The van der Waals surface area contributed by atoms with Gasteiger partial charge in [0.2, 0.25) is 0 Å². The maximum absolute atomic E-state index is 13.9. The number of nitrogens with zero attached hydrogens (tertiary/aromatic N) is 2. The lowest BCUT2D eigenvalue weighted by Gasteiger charge is -2.13. The molecule has 32 heavy (non-hydrogen) atoms. The minimum atomic E-state index is -0.240. The van der Waals surface area contributed by atoms with Crippen molar-refractivity contribution < 1.29 is 13.9 Å². The highest BCUT2D eigenvalue weighted by atomic mass is 32.1. The van der Waals surface area contributed by atoms with E-state index in [9.17, 15) is 4.39 Å². The first-order chi connectivity index (χ1) is 15.5. The molecule has 2 aromatic carbocycles. The zero-order chi connectivity index (χ0) is 22.9. The first-order valence-electron chi connectivity index (χ1n) is 10.7. The summed E-state index contributed by atoms with van der Waals surface area (Å²) >= 11 is 5.40. The van der Waals surface area contributed by atoms with Crippen molar-refractivity contribution >= 4 is 23.1 Å². The molecule has 6 nitrogen and oxygen atoms in total. The van der Waals surface area contributed by atoms with Gasteiger partial charge in [-0.3, -0.25) is 4.68 Å². The van der Waals surface area contributed by atoms with Crippen LogP contribution in [0.5, 0.6) is 11.5 Å². The molecule has 3 aromatic rings. The molecule has 0 saturated carbocycles. The van der Waals surface area contributed by atoms with Crippen molar-refractivity contribution in [2.75, 3.05) is 25.1 Å². The van der Waals surface area contributed by atoms with E-state index in [1.165, 1.54) is 6.07 Å². The van der Waals surface area contributed by atoms with Gasteiger partial charge in [0.15, 0.2) is 22.4 Å². The molecule has 0 fully saturated rings. The third-order valence-corrected chi connectivity index (χ3v) is 5.05. The number of thiocarbonyl (C=S) groups is 1. The molecule has 1 aromatic heterocycles. The molecule has 0 bridgehead atoms. The molecule has 170 valence electrons. The number of hydrogen-bond donors (Lipinski definition) is 2. The van der Waals surface area contributed by atoms with Gasteiger partial charge in [-0.05, 0) is 63.2 Å². The summed E-state index contributed by atoms with van der Waals surface area (Å²) in [5, 5.41) is 11.3. The van der Waals surface area contributed by atoms with Crippen molar-refractivity contribution in [1.29, 1.82) is 0 Å². The summed E-state index contributed by atoms with van der Waals surface area (Å²) in [7, 11) is 0. The van der Waals surface area contributed by atoms with Gasteiger partial charge >= 0.3 is 0 Å². The van der Waals surface area contributed by atoms with E-state index in [4.69, 9.17) is 21.7 Å². The Hall–Kier alpha value is -3.13. The number of anilines is 1. The van der Waals surface area contributed by atoms with E-state index in [0.717, 1.165) is 29.2 Å². The Labute approximate surface area is 193 Å². The minimum Gasteiger partial charge on any atom is -0.490 e. The van der Waals surface area contributed by atoms with Crippen LogP contribution >= 0.6 is 12.2 Å². The van der Waals surface area contributed by atoms with Crippen molar-refractivity contribution in [3.63, 3.8) is 0 Å². The van der Waals surface area contributed by atoms with Crippen LogP contribution in [0.3, 0.4) is 0 Å². The predicted molar refractivity (Wildman–Crippen MR) is 129 cm³/mol. The van der Waals surface area contributed by atoms with Crippen molar-refractivity contribution in [3.8, 4) is 11.5 Å². The van der Waals surface area contributed by atoms with Crippen molar-refractivity contribution in [3.05, 3.63) is 71.2 Å². The van der Waals surface area contributed by atoms with E-state index in [1.54, 1.807) is 16.8 Å². The number of rotatable bonds is 10. The van der Waals surface area contributed by atoms with E-state index in [1.807, 2.05) is 51.1 Å². The SMILES string of the molecule is CCOc1ccc(CCNC(=S)Nc2cc(C)n(Cc3ccccc3F)n2)cc1OCC. The lowest BCUT2D eigenvalue weighted by molar-refractivity contribution is 0.287. The second-order valence-electron chi connectivity index (χ2n) is 7.20. The summed E-state index contributed by atoms with van der Waals surface area (Å²) in [5.41, 5.74) is 2.63. The zero-order valence-electron chi connectivity index (χ0n) is 18.7. The molecule has 0 saturated heterocycles. The van der Waals surface area contributed by atoms with E-state index in [-0.39, 0.29) is 5.82 Å². The number of ether oxygens (including phenoxy) is 2. The van der Waals surface area contributed by atoms with Crippen LogP contribution in [0.2, 0.25) is 0 Å². The third-order valence-electron chi connectivity index (χ3n) is 4.81. The van der Waals surface area contributed by atoms with Gasteiger partial charge in [-0.2, -0.15) is 5.10 Å². The van der Waals surface area contributed by atoms with Crippen LogP contribution in [0.4, 0.5) is 10.2 Å². The topological polar surface area (TPSA) is 60.3 Å². The molecule has 0 amide bonds. The number of nitrogens with one attached hydrogen (secondary N) is 2. The quantitative estimate of drug-likeness (QED) is 0.431. The monoisotopic (exact) mass is 456 g/mol. The van der Waals surface area contributed by atoms with E-state index in [2.05, 4.69) is 15.7 Å². The van der Waals surface area contributed by atoms with Gasteiger partial charge in [0, 0.05) is 23.9 Å². The molecule has 0 unspecified atom stereocenters. The van der Waals surface area contributed by atoms with Gasteiger partial charge in [0.1, 0.15) is 5.82 Å². The number of aryl methyl sites for hydroxylation is 1. The van der Waals surface area contributed by atoms with Gasteiger partial charge in [-0.25, -0.2) is 4.39 Å². The Bertz CT molecular complexity index is 1050. The summed E-state index contributed by atoms with van der Waals surface area (Å²) in [4.78, 5) is 0. The number of halogens is 1. The van der Waals surface area contributed by atoms with Crippen molar-refractivity contribution in [1.82, 2.24) is 15.1 Å². The normalized spacial score (nSPS) is 10.6. The molecule has 3 rings (SSSR count). The largest absolute Gasteiger partial charge is 0.490 e. The van der Waals surface area contributed by atoms with Gasteiger partial charge < -0.3 is 20.1 Å². The zero-order valence-corrected chi connectivity index (χ0v) is 19.5. The maximum Gasteiger partial charge on any atom is 0.172 e. The molecule has 0 spiro atoms. The Balaban J connectivity index is 1.52. The van der Waals surface area contributed by atoms with E-state index >= 15 is 0 Å². The highest BCUT2D eigenvalue weighted by molar-refractivity contribution is 7.80. The highest BCUT2D eigenvalue weighted by Gasteiger charge is 2.09. The van der Waals surface area contributed by atoms with Crippen LogP contribution in [0, 0.1) is 12.7 Å². The molecular formula is C24H29FN4O2S. The van der Waals surface area contributed by atoms with Crippen molar-refractivity contribution in [2.24, 2.45) is 0 Å². The molecule has 2 N–H and O–H groups in total. The fraction of sp³-hybridized carbons (Fsp3) is 0.333. The van der Waals surface area contributed by atoms with Crippen LogP contribution in [-0.2, 0) is 13.0 Å². The molecule has 0 aliphatic carbocycles. The molecular weight excluding hydrogens is 427 g/mol. The molecule has 8 heteroatoms. The second-order valence-corrected chi connectivity index (χ2v) is 7.61. The second kappa shape index (κ2) is 11.5. The van der Waals surface area contributed by atoms with Gasteiger partial charge in [0.25, 0.3) is 0 Å². The van der Waals surface area contributed by atoms with Crippen LogP contribution in [0.1, 0.15) is 30.7 Å². The number of benzene rings is 2. The lowest BCUT2D eigenvalue weighted by atomic mass is 10.1. The number of hydrogen-bond acceptors (Lipinski definition) is 4. The summed E-state index contributed by atoms with van der Waals surface area (Å²) < 4.78 is 27.0. The minimum absolute atomic E-state index is 0.240. The van der Waals surface area contributed by atoms with E-state index in [0.29, 0.717) is 42.8 Å². The highest BCUT2D eigenvalue weighted by Crippen LogP contribution is 2.28. The molecule has 0 radical (unpaired) electrons. The average Bonchev–Trinajstić information content (AvgIpc) is 3.10. The van der Waals surface area contributed by atoms with Crippen LogP contribution in [0.15, 0.2) is 48.5 Å². The lowest BCUT2D eigenvalue weighted by Crippen LogP contribution is -2.30. The first kappa shape index (κ1) is 23.5. The summed E-state index contributed by atoms with van der Waals surface area (Å²) in [6.07, 6.45) is 0.773. The molecule has 1 heterocycles. The van der Waals surface area contributed by atoms with Gasteiger partial charge in [-0.1, -0.05) is 24.3 Å². The van der Waals surface area contributed by atoms with Crippen LogP contribution in [0.25, 0.3) is 0 Å². The summed E-state index contributed by atoms with van der Waals surface area (Å²) in [5.74, 6) is 1.89. The smallest absolute Gasteiger partial charge is 0.172 e. The van der Waals surface area contributed by atoms with Crippen LogP contribution in [-0.4, -0.2) is 34.7 Å².